The molecular formula is C27H28Cl2N2O4. The molecule has 184 valence electrons. The number of benzene rings is 3. The Kier molecular flexibility index (Phi) is 13.0. The zero-order valence-electron chi connectivity index (χ0n) is 20.1. The van der Waals surface area contributed by atoms with Crippen molar-refractivity contribution in [2.75, 3.05) is 19.4 Å². The van der Waals surface area contributed by atoms with Gasteiger partial charge in [0.25, 0.3) is 23.6 Å². The lowest BCUT2D eigenvalue weighted by molar-refractivity contribution is 0.0471. The molecule has 0 atom stereocenters. The number of nitrogens with zero attached hydrogens (tertiary/aromatic N) is 2. The average molecular weight is 515 g/mol. The molecule has 2 heterocycles. The van der Waals surface area contributed by atoms with Gasteiger partial charge >= 0.3 is 0 Å². The summed E-state index contributed by atoms with van der Waals surface area (Å²) in [5, 5.41) is 0. The first kappa shape index (κ1) is 29.6. The van der Waals surface area contributed by atoms with Crippen LogP contribution in [0.3, 0.4) is 0 Å². The lowest BCUT2D eigenvalue weighted by Gasteiger charge is -2.20. The summed E-state index contributed by atoms with van der Waals surface area (Å²) < 4.78 is 0. The molecule has 4 amide bonds. The van der Waals surface area contributed by atoms with Crippen molar-refractivity contribution in [1.82, 2.24) is 9.80 Å². The van der Waals surface area contributed by atoms with E-state index >= 15 is 0 Å². The van der Waals surface area contributed by atoms with Crippen molar-refractivity contribution in [3.05, 3.63) is 107 Å². The number of hydrogen-bond acceptors (Lipinski definition) is 4. The molecule has 0 spiro atoms. The molecule has 0 bridgehead atoms. The van der Waals surface area contributed by atoms with Crippen LogP contribution < -0.4 is 0 Å². The van der Waals surface area contributed by atoms with Gasteiger partial charge in [-0.1, -0.05) is 74.5 Å². The Bertz CT molecular complexity index is 967. The summed E-state index contributed by atoms with van der Waals surface area (Å²) >= 11 is 9.28. The van der Waals surface area contributed by atoms with Crippen molar-refractivity contribution in [1.29, 1.82) is 0 Å². The number of halogens is 2. The highest BCUT2D eigenvalue weighted by molar-refractivity contribution is 6.24. The van der Waals surface area contributed by atoms with Crippen LogP contribution in [0.4, 0.5) is 0 Å². The second-order valence-corrected chi connectivity index (χ2v) is 6.46. The monoisotopic (exact) mass is 514 g/mol. The van der Waals surface area contributed by atoms with Gasteiger partial charge in [-0.3, -0.25) is 29.0 Å². The molecular weight excluding hydrogens is 487 g/mol. The van der Waals surface area contributed by atoms with Crippen LogP contribution >= 0.6 is 23.2 Å². The maximum atomic E-state index is 12.3. The first-order chi connectivity index (χ1) is 17.1. The molecule has 0 fully saturated rings. The van der Waals surface area contributed by atoms with Crippen molar-refractivity contribution >= 4 is 46.8 Å². The van der Waals surface area contributed by atoms with Gasteiger partial charge in [0.1, 0.15) is 6.67 Å². The van der Waals surface area contributed by atoms with Crippen LogP contribution in [0.1, 0.15) is 55.3 Å². The fraction of sp³-hybridized carbons (Fsp3) is 0.185. The summed E-state index contributed by atoms with van der Waals surface area (Å²) in [7, 11) is 0. The smallest absolute Gasteiger partial charge is 0.263 e. The zero-order valence-corrected chi connectivity index (χ0v) is 21.6. The van der Waals surface area contributed by atoms with Crippen LogP contribution in [-0.4, -0.2) is 52.9 Å². The van der Waals surface area contributed by atoms with Crippen LogP contribution in [-0.2, 0) is 0 Å². The summed E-state index contributed by atoms with van der Waals surface area (Å²) in [6.45, 7) is 3.62. The SMILES string of the molecule is CC.CCl.CCl.O=C1c2ccccc2C(=O)N1CN1C(=O)c2ccccc2C1=O.c1ccccc1. The predicted molar refractivity (Wildman–Crippen MR) is 140 cm³/mol. The molecule has 0 aromatic heterocycles. The van der Waals surface area contributed by atoms with E-state index in [1.165, 1.54) is 12.8 Å². The molecule has 8 heteroatoms. The third kappa shape index (κ3) is 6.78. The van der Waals surface area contributed by atoms with Crippen LogP contribution in [0.25, 0.3) is 0 Å². The molecule has 35 heavy (non-hydrogen) atoms. The van der Waals surface area contributed by atoms with Crippen molar-refractivity contribution in [2.24, 2.45) is 0 Å². The van der Waals surface area contributed by atoms with E-state index in [9.17, 15) is 19.2 Å². The Morgan fingerprint density at radius 1 is 0.457 bits per heavy atom. The van der Waals surface area contributed by atoms with E-state index in [0.717, 1.165) is 9.80 Å². The van der Waals surface area contributed by atoms with Crippen molar-refractivity contribution in [2.45, 2.75) is 13.8 Å². The third-order valence-corrected chi connectivity index (χ3v) is 4.71. The normalized spacial score (nSPS) is 12.5. The van der Waals surface area contributed by atoms with Gasteiger partial charge < -0.3 is 0 Å². The fourth-order valence-electron chi connectivity index (χ4n) is 3.26. The lowest BCUT2D eigenvalue weighted by atomic mass is 10.1. The highest BCUT2D eigenvalue weighted by Gasteiger charge is 2.41. The van der Waals surface area contributed by atoms with E-state index in [-0.39, 0.29) is 28.9 Å². The number of fused-ring (bicyclic) bond motifs is 2. The molecule has 3 aromatic rings. The second kappa shape index (κ2) is 15.4. The van der Waals surface area contributed by atoms with E-state index in [2.05, 4.69) is 23.2 Å². The zero-order chi connectivity index (χ0) is 26.4. The Labute approximate surface area is 216 Å². The Morgan fingerprint density at radius 3 is 0.857 bits per heavy atom. The van der Waals surface area contributed by atoms with E-state index in [1.54, 1.807) is 48.5 Å². The minimum atomic E-state index is -0.498. The Hall–Kier alpha value is -3.48. The number of carbonyl (C=O) groups is 4. The Morgan fingerprint density at radius 2 is 0.657 bits per heavy atom. The molecule has 2 aliphatic rings. The minimum Gasteiger partial charge on any atom is -0.269 e. The van der Waals surface area contributed by atoms with Crippen molar-refractivity contribution < 1.29 is 19.2 Å². The molecule has 6 nitrogen and oxygen atoms in total. The molecule has 5 rings (SSSR count). The number of hydrogen-bond donors (Lipinski definition) is 0. The van der Waals surface area contributed by atoms with Gasteiger partial charge in [0.15, 0.2) is 0 Å². The van der Waals surface area contributed by atoms with Crippen LogP contribution in [0.15, 0.2) is 84.9 Å². The topological polar surface area (TPSA) is 74.8 Å². The maximum absolute atomic E-state index is 12.3. The van der Waals surface area contributed by atoms with Crippen LogP contribution in [0.5, 0.6) is 0 Å². The standard InChI is InChI=1S/C17H10N2O4.C6H6.C2H6.2CH3Cl/c20-14-10-5-1-2-6-11(10)15(21)18(14)9-19-16(22)12-7-3-4-8-13(12)17(19)23;1-2-4-6-5-3-1;3*1-2/h1-8H,9H2;1-6H;1-2H3;2*1H3. The van der Waals surface area contributed by atoms with Gasteiger partial charge in [0.2, 0.25) is 0 Å². The molecule has 0 saturated carbocycles. The predicted octanol–water partition coefficient (Wildman–Crippen LogP) is 5.96. The molecule has 0 unspecified atom stereocenters. The van der Waals surface area contributed by atoms with E-state index in [0.29, 0.717) is 0 Å². The van der Waals surface area contributed by atoms with Crippen molar-refractivity contribution in [3.8, 4) is 0 Å². The van der Waals surface area contributed by atoms with E-state index in [1.807, 2.05) is 50.2 Å². The maximum Gasteiger partial charge on any atom is 0.263 e. The summed E-state index contributed by atoms with van der Waals surface area (Å²) in [4.78, 5) is 51.2. The fourth-order valence-corrected chi connectivity index (χ4v) is 3.26. The van der Waals surface area contributed by atoms with Gasteiger partial charge in [-0.25, -0.2) is 0 Å². The van der Waals surface area contributed by atoms with Crippen LogP contribution in [0, 0.1) is 0 Å². The number of alkyl halides is 2. The molecule has 0 aliphatic carbocycles. The molecule has 2 aliphatic heterocycles. The molecule has 3 aromatic carbocycles. The quantitative estimate of drug-likeness (QED) is 0.312. The van der Waals surface area contributed by atoms with E-state index in [4.69, 9.17) is 0 Å². The Balaban J connectivity index is 0.000000431. The lowest BCUT2D eigenvalue weighted by Crippen LogP contribution is -2.43. The molecule has 0 radical (unpaired) electrons. The third-order valence-electron chi connectivity index (χ3n) is 4.71. The van der Waals surface area contributed by atoms with Crippen molar-refractivity contribution in [3.63, 3.8) is 0 Å². The van der Waals surface area contributed by atoms with Gasteiger partial charge in [-0.15, -0.1) is 23.2 Å². The van der Waals surface area contributed by atoms with Gasteiger partial charge in [-0.2, -0.15) is 0 Å². The number of amides is 4. The summed E-state index contributed by atoms with van der Waals surface area (Å²) in [5.74, 6) is -1.99. The summed E-state index contributed by atoms with van der Waals surface area (Å²) in [6.07, 6.45) is 2.94. The molecule has 0 saturated heterocycles. The minimum absolute atomic E-state index is 0.286. The van der Waals surface area contributed by atoms with Crippen LogP contribution in [0.2, 0.25) is 0 Å². The average Bonchev–Trinajstić information content (AvgIpc) is 3.34. The number of imide groups is 2. The first-order valence-electron chi connectivity index (χ1n) is 10.8. The summed E-state index contributed by atoms with van der Waals surface area (Å²) in [6, 6.07) is 24.9. The number of rotatable bonds is 2. The van der Waals surface area contributed by atoms with Gasteiger partial charge in [0.05, 0.1) is 22.3 Å². The molecule has 0 N–H and O–H groups in total. The highest BCUT2D eigenvalue weighted by Crippen LogP contribution is 2.26. The highest BCUT2D eigenvalue weighted by atomic mass is 35.5. The number of carbonyl (C=O) groups excluding carboxylic acids is 4. The second-order valence-electron chi connectivity index (χ2n) is 6.46. The summed E-state index contributed by atoms with van der Waals surface area (Å²) in [5.41, 5.74) is 1.14. The largest absolute Gasteiger partial charge is 0.269 e. The van der Waals surface area contributed by atoms with Gasteiger partial charge in [0, 0.05) is 12.8 Å². The van der Waals surface area contributed by atoms with E-state index < -0.39 is 23.6 Å². The first-order valence-corrected chi connectivity index (χ1v) is 12.3. The van der Waals surface area contributed by atoms with Gasteiger partial charge in [-0.05, 0) is 24.3 Å².